The number of amides is 1. The predicted molar refractivity (Wildman–Crippen MR) is 161 cm³/mol. The highest BCUT2D eigenvalue weighted by molar-refractivity contribution is 6.31. The second kappa shape index (κ2) is 11.9. The number of benzene rings is 3. The number of carboxylic acid groups (broad SMARTS) is 1. The number of aryl methyl sites for hydroxylation is 1. The monoisotopic (exact) mass is 654 g/mol. The SMILES string of the molecule is Cc1cccc2c1-c1cc(C3CC3)c(F)c(c1)[C@H](CC(=O)O)NC(=O)[C@H](n1ccc(C(F)(F)F)cc1=O)c1cc(ccc1Cl)CO2. The Morgan fingerprint density at radius 3 is 2.46 bits per heavy atom. The number of rotatable bonds is 4. The molecule has 1 aliphatic carbocycles. The molecule has 1 aromatic heterocycles. The zero-order valence-electron chi connectivity index (χ0n) is 24.3. The van der Waals surface area contributed by atoms with Crippen molar-refractivity contribution >= 4 is 23.5 Å². The fourth-order valence-corrected chi connectivity index (χ4v) is 6.13. The molecule has 1 fully saturated rings. The van der Waals surface area contributed by atoms with Crippen LogP contribution in [0.25, 0.3) is 11.1 Å². The van der Waals surface area contributed by atoms with Gasteiger partial charge in [-0.3, -0.25) is 19.0 Å². The van der Waals surface area contributed by atoms with Crippen LogP contribution in [-0.4, -0.2) is 21.6 Å². The van der Waals surface area contributed by atoms with Gasteiger partial charge in [-0.25, -0.2) is 4.39 Å². The molecule has 0 spiro atoms. The van der Waals surface area contributed by atoms with Gasteiger partial charge in [-0.1, -0.05) is 29.8 Å². The number of aliphatic carboxylic acids is 1. The highest BCUT2D eigenvalue weighted by Gasteiger charge is 2.36. The van der Waals surface area contributed by atoms with Gasteiger partial charge in [-0.2, -0.15) is 13.2 Å². The van der Waals surface area contributed by atoms with E-state index in [-0.39, 0.29) is 28.7 Å². The van der Waals surface area contributed by atoms with Crippen molar-refractivity contribution in [2.75, 3.05) is 0 Å². The third-order valence-corrected chi connectivity index (χ3v) is 8.64. The Hall–Kier alpha value is -4.64. The van der Waals surface area contributed by atoms with Crippen molar-refractivity contribution in [2.45, 2.75) is 57.0 Å². The van der Waals surface area contributed by atoms with Crippen molar-refractivity contribution in [1.82, 2.24) is 9.88 Å². The molecule has 6 rings (SSSR count). The molecule has 2 atom stereocenters. The number of carboxylic acids is 1. The van der Waals surface area contributed by atoms with Gasteiger partial charge in [0.25, 0.3) is 5.56 Å². The number of carbonyl (C=O) groups is 2. The van der Waals surface area contributed by atoms with E-state index in [0.717, 1.165) is 29.2 Å². The van der Waals surface area contributed by atoms with Crippen LogP contribution in [-0.2, 0) is 22.4 Å². The van der Waals surface area contributed by atoms with Gasteiger partial charge in [0.2, 0.25) is 5.91 Å². The standard InChI is InChI=1S/C34H27ClF4N2O5/c1-17-3-2-4-27-30(17)20-12-22(19-6-7-19)31(36)24(13-20)26(15-29(43)44)40-33(45)32(23-11-18(16-46-27)5-8-25(23)35)41-10-9-21(14-28(41)42)34(37,38)39/h2-5,8-14,19,26,32H,6-7,15-16H2,1H3,(H,40,45)(H,43,44)/t26-,32+/m0/s1. The summed E-state index contributed by atoms with van der Waals surface area (Å²) in [5.74, 6) is -2.59. The first-order valence-electron chi connectivity index (χ1n) is 14.5. The summed E-state index contributed by atoms with van der Waals surface area (Å²) in [5, 5.41) is 12.5. The Morgan fingerprint density at radius 1 is 1.04 bits per heavy atom. The van der Waals surface area contributed by atoms with Crippen LogP contribution in [0, 0.1) is 12.7 Å². The van der Waals surface area contributed by atoms with Crippen LogP contribution in [0.3, 0.4) is 0 Å². The number of nitrogens with one attached hydrogen (secondary N) is 1. The Balaban J connectivity index is 1.60. The maximum atomic E-state index is 16.3. The first-order valence-corrected chi connectivity index (χ1v) is 14.9. The number of pyridine rings is 1. The number of aromatic nitrogens is 1. The normalized spacial score (nSPS) is 18.2. The summed E-state index contributed by atoms with van der Waals surface area (Å²) >= 11 is 6.54. The minimum atomic E-state index is -4.82. The molecule has 3 aromatic carbocycles. The minimum Gasteiger partial charge on any atom is -0.488 e. The molecule has 1 aliphatic heterocycles. The molecule has 2 aliphatic rings. The van der Waals surface area contributed by atoms with Gasteiger partial charge >= 0.3 is 12.1 Å². The van der Waals surface area contributed by atoms with E-state index in [4.69, 9.17) is 16.3 Å². The average molecular weight is 655 g/mol. The van der Waals surface area contributed by atoms with Gasteiger partial charge in [-0.05, 0) is 84.3 Å². The number of alkyl halides is 3. The topological polar surface area (TPSA) is 97.6 Å². The smallest absolute Gasteiger partial charge is 0.416 e. The Morgan fingerprint density at radius 2 is 1.78 bits per heavy atom. The minimum absolute atomic E-state index is 0.0119. The summed E-state index contributed by atoms with van der Waals surface area (Å²) in [4.78, 5) is 39.4. The van der Waals surface area contributed by atoms with Gasteiger partial charge in [0.15, 0.2) is 0 Å². The molecule has 0 saturated heterocycles. The molecule has 0 unspecified atom stereocenters. The third-order valence-electron chi connectivity index (χ3n) is 8.29. The summed E-state index contributed by atoms with van der Waals surface area (Å²) in [7, 11) is 0. The van der Waals surface area contributed by atoms with Crippen LogP contribution in [0.1, 0.15) is 70.6 Å². The molecular weight excluding hydrogens is 628 g/mol. The highest BCUT2D eigenvalue weighted by atomic mass is 35.5. The van der Waals surface area contributed by atoms with Crippen molar-refractivity contribution in [1.29, 1.82) is 0 Å². The number of fused-ring (bicyclic) bond motifs is 6. The van der Waals surface area contributed by atoms with Crippen molar-refractivity contribution in [3.63, 3.8) is 0 Å². The quantitative estimate of drug-likeness (QED) is 0.225. The number of halogens is 5. The predicted octanol–water partition coefficient (Wildman–Crippen LogP) is 7.33. The van der Waals surface area contributed by atoms with Gasteiger partial charge in [0.1, 0.15) is 24.2 Å². The number of carbonyl (C=O) groups excluding carboxylic acids is 1. The molecule has 7 nitrogen and oxygen atoms in total. The van der Waals surface area contributed by atoms with E-state index in [9.17, 15) is 32.7 Å². The molecular formula is C34H27ClF4N2O5. The molecule has 1 saturated carbocycles. The molecule has 238 valence electrons. The molecule has 46 heavy (non-hydrogen) atoms. The van der Waals surface area contributed by atoms with Crippen molar-refractivity contribution in [3.8, 4) is 16.9 Å². The van der Waals surface area contributed by atoms with Gasteiger partial charge in [0, 0.05) is 34.0 Å². The lowest BCUT2D eigenvalue weighted by molar-refractivity contribution is -0.138. The first kappa shape index (κ1) is 31.3. The van der Waals surface area contributed by atoms with Gasteiger partial charge < -0.3 is 15.2 Å². The van der Waals surface area contributed by atoms with Crippen molar-refractivity contribution in [2.24, 2.45) is 0 Å². The van der Waals surface area contributed by atoms with Gasteiger partial charge in [-0.15, -0.1) is 0 Å². The molecule has 2 N–H and O–H groups in total. The number of hydrogen-bond acceptors (Lipinski definition) is 4. The maximum Gasteiger partial charge on any atom is 0.416 e. The van der Waals surface area contributed by atoms with Crippen LogP contribution < -0.4 is 15.6 Å². The van der Waals surface area contributed by atoms with Crippen molar-refractivity contribution in [3.05, 3.63) is 121 Å². The molecule has 2 heterocycles. The Labute approximate surface area is 265 Å². The molecule has 1 amide bonds. The fourth-order valence-electron chi connectivity index (χ4n) is 5.90. The summed E-state index contributed by atoms with van der Waals surface area (Å²) in [6.45, 7) is 1.86. The average Bonchev–Trinajstić information content (AvgIpc) is 3.83. The lowest BCUT2D eigenvalue weighted by atomic mass is 9.90. The van der Waals surface area contributed by atoms with Crippen molar-refractivity contribution < 1.29 is 37.0 Å². The van der Waals surface area contributed by atoms with E-state index in [1.54, 1.807) is 24.3 Å². The summed E-state index contributed by atoms with van der Waals surface area (Å²) in [5.41, 5.74) is 0.563. The Kier molecular flexibility index (Phi) is 8.14. The van der Waals surface area contributed by atoms with E-state index < -0.39 is 53.5 Å². The van der Waals surface area contributed by atoms with E-state index >= 15 is 4.39 Å². The van der Waals surface area contributed by atoms with E-state index in [2.05, 4.69) is 5.32 Å². The summed E-state index contributed by atoms with van der Waals surface area (Å²) in [6.07, 6.45) is -3.25. The van der Waals surface area contributed by atoms with Crippen LogP contribution in [0.15, 0.2) is 71.7 Å². The zero-order valence-corrected chi connectivity index (χ0v) is 25.1. The number of nitrogens with zero attached hydrogens (tertiary/aromatic N) is 1. The van der Waals surface area contributed by atoms with Crippen LogP contribution in [0.2, 0.25) is 5.02 Å². The fraction of sp³-hybridized carbons (Fsp3) is 0.265. The third kappa shape index (κ3) is 6.11. The summed E-state index contributed by atoms with van der Waals surface area (Å²) in [6, 6.07) is 11.2. The number of hydrogen-bond donors (Lipinski definition) is 2. The number of ether oxygens (including phenoxy) is 1. The van der Waals surface area contributed by atoms with E-state index in [0.29, 0.717) is 40.1 Å². The highest BCUT2D eigenvalue weighted by Crippen LogP contribution is 2.46. The molecule has 4 aromatic rings. The van der Waals surface area contributed by atoms with Crippen LogP contribution >= 0.6 is 11.6 Å². The first-order chi connectivity index (χ1) is 21.8. The van der Waals surface area contributed by atoms with Crippen LogP contribution in [0.5, 0.6) is 5.75 Å². The maximum absolute atomic E-state index is 16.3. The lowest BCUT2D eigenvalue weighted by Gasteiger charge is -2.27. The van der Waals surface area contributed by atoms with E-state index in [1.807, 2.05) is 13.0 Å². The Bertz CT molecular complexity index is 1940. The molecule has 4 bridgehead atoms. The van der Waals surface area contributed by atoms with E-state index in [1.165, 1.54) is 18.2 Å². The van der Waals surface area contributed by atoms with Crippen LogP contribution in [0.4, 0.5) is 17.6 Å². The molecule has 12 heteroatoms. The molecule has 0 radical (unpaired) electrons. The largest absolute Gasteiger partial charge is 0.488 e. The van der Waals surface area contributed by atoms with Gasteiger partial charge in [0.05, 0.1) is 18.0 Å². The lowest BCUT2D eigenvalue weighted by Crippen LogP contribution is -2.40. The zero-order chi connectivity index (χ0) is 32.9. The summed E-state index contributed by atoms with van der Waals surface area (Å²) < 4.78 is 63.5. The second-order valence-corrected chi connectivity index (χ2v) is 12.0. The second-order valence-electron chi connectivity index (χ2n) is 11.6.